The standard InChI is InChI=1S/C21H16N2O4S/c1-12-5-4-8-18-19(12)22-21(28-18)26-13-10-23(11-13)20(25)17-9-15(24)14-6-2-3-7-16(14)27-17/h2-9,13H,10-11H2,1H3. The number of fused-ring (bicyclic) bond motifs is 2. The van der Waals surface area contributed by atoms with E-state index in [1.165, 1.54) is 17.4 Å². The van der Waals surface area contributed by atoms with Crippen molar-refractivity contribution in [3.63, 3.8) is 0 Å². The molecule has 0 spiro atoms. The molecule has 1 saturated heterocycles. The number of likely N-dealkylation sites (tertiary alicyclic amines) is 1. The summed E-state index contributed by atoms with van der Waals surface area (Å²) in [4.78, 5) is 31.0. The molecule has 7 heteroatoms. The molecule has 0 N–H and O–H groups in total. The average Bonchev–Trinajstić information content (AvgIpc) is 3.08. The zero-order chi connectivity index (χ0) is 19.3. The molecule has 140 valence electrons. The summed E-state index contributed by atoms with van der Waals surface area (Å²) >= 11 is 1.50. The third-order valence-electron chi connectivity index (χ3n) is 4.85. The number of nitrogens with zero attached hydrogens (tertiary/aromatic N) is 2. The third kappa shape index (κ3) is 2.84. The molecule has 4 aromatic rings. The van der Waals surface area contributed by atoms with E-state index < -0.39 is 0 Å². The normalized spacial score (nSPS) is 14.4. The number of carbonyl (C=O) groups is 1. The molecule has 2 aromatic heterocycles. The fourth-order valence-electron chi connectivity index (χ4n) is 3.30. The second-order valence-electron chi connectivity index (χ2n) is 6.82. The maximum Gasteiger partial charge on any atom is 0.289 e. The van der Waals surface area contributed by atoms with Crippen LogP contribution in [0.2, 0.25) is 0 Å². The Morgan fingerprint density at radius 3 is 2.86 bits per heavy atom. The van der Waals surface area contributed by atoms with Gasteiger partial charge in [0.1, 0.15) is 11.7 Å². The van der Waals surface area contributed by atoms with E-state index in [0.717, 1.165) is 15.8 Å². The minimum absolute atomic E-state index is 0.0535. The van der Waals surface area contributed by atoms with Gasteiger partial charge >= 0.3 is 0 Å². The highest BCUT2D eigenvalue weighted by atomic mass is 32.1. The molecule has 1 aliphatic rings. The second kappa shape index (κ2) is 6.45. The van der Waals surface area contributed by atoms with Crippen LogP contribution in [0.1, 0.15) is 16.1 Å². The highest BCUT2D eigenvalue weighted by Gasteiger charge is 2.34. The zero-order valence-electron chi connectivity index (χ0n) is 15.0. The Morgan fingerprint density at radius 1 is 1.21 bits per heavy atom. The van der Waals surface area contributed by atoms with Gasteiger partial charge in [0.05, 0.1) is 28.7 Å². The lowest BCUT2D eigenvalue weighted by Gasteiger charge is -2.37. The van der Waals surface area contributed by atoms with E-state index in [4.69, 9.17) is 9.15 Å². The van der Waals surface area contributed by atoms with Crippen molar-refractivity contribution in [2.75, 3.05) is 13.1 Å². The fourth-order valence-corrected chi connectivity index (χ4v) is 4.26. The molecule has 1 aliphatic heterocycles. The van der Waals surface area contributed by atoms with Crippen LogP contribution < -0.4 is 10.2 Å². The predicted octanol–water partition coefficient (Wildman–Crippen LogP) is 3.61. The lowest BCUT2D eigenvalue weighted by atomic mass is 10.1. The Labute approximate surface area is 164 Å². The van der Waals surface area contributed by atoms with Crippen LogP contribution in [-0.2, 0) is 0 Å². The van der Waals surface area contributed by atoms with Gasteiger partial charge in [-0.15, -0.1) is 0 Å². The van der Waals surface area contributed by atoms with Crippen molar-refractivity contribution in [3.05, 3.63) is 70.1 Å². The number of aromatic nitrogens is 1. The Balaban J connectivity index is 1.29. The maximum absolute atomic E-state index is 12.6. The number of thiazole rings is 1. The molecule has 0 bridgehead atoms. The van der Waals surface area contributed by atoms with E-state index in [2.05, 4.69) is 4.98 Å². The van der Waals surface area contributed by atoms with Crippen LogP contribution in [0.25, 0.3) is 21.2 Å². The summed E-state index contributed by atoms with van der Waals surface area (Å²) in [5.41, 5.74) is 2.26. The zero-order valence-corrected chi connectivity index (χ0v) is 15.9. The topological polar surface area (TPSA) is 72.6 Å². The lowest BCUT2D eigenvalue weighted by molar-refractivity contribution is 0.0155. The Kier molecular flexibility index (Phi) is 3.91. The summed E-state index contributed by atoms with van der Waals surface area (Å²) in [6.07, 6.45) is -0.114. The van der Waals surface area contributed by atoms with Gasteiger partial charge in [-0.05, 0) is 30.7 Å². The molecular weight excluding hydrogens is 376 g/mol. The van der Waals surface area contributed by atoms with Crippen molar-refractivity contribution in [2.24, 2.45) is 0 Å². The van der Waals surface area contributed by atoms with E-state index in [-0.39, 0.29) is 23.2 Å². The first kappa shape index (κ1) is 16.9. The number of carbonyl (C=O) groups excluding carboxylic acids is 1. The van der Waals surface area contributed by atoms with Crippen LogP contribution in [0.15, 0.2) is 57.7 Å². The smallest absolute Gasteiger partial charge is 0.289 e. The van der Waals surface area contributed by atoms with Crippen molar-refractivity contribution in [1.82, 2.24) is 9.88 Å². The lowest BCUT2D eigenvalue weighted by Crippen LogP contribution is -2.56. The van der Waals surface area contributed by atoms with Gasteiger partial charge in [0.25, 0.3) is 11.1 Å². The Hall–Kier alpha value is -3.19. The van der Waals surface area contributed by atoms with Crippen molar-refractivity contribution in [1.29, 1.82) is 0 Å². The largest absolute Gasteiger partial charge is 0.463 e. The first-order valence-electron chi connectivity index (χ1n) is 8.93. The van der Waals surface area contributed by atoms with Crippen LogP contribution in [-0.4, -0.2) is 35.0 Å². The van der Waals surface area contributed by atoms with E-state index in [9.17, 15) is 9.59 Å². The predicted molar refractivity (Wildman–Crippen MR) is 107 cm³/mol. The van der Waals surface area contributed by atoms with Crippen LogP contribution in [0, 0.1) is 6.92 Å². The van der Waals surface area contributed by atoms with E-state index >= 15 is 0 Å². The monoisotopic (exact) mass is 392 g/mol. The highest BCUT2D eigenvalue weighted by Crippen LogP contribution is 2.31. The van der Waals surface area contributed by atoms with Gasteiger partial charge < -0.3 is 14.1 Å². The SMILES string of the molecule is Cc1cccc2sc(OC3CN(C(=O)c4cc(=O)c5ccccc5o4)C3)nc12. The van der Waals surface area contributed by atoms with Crippen molar-refractivity contribution < 1.29 is 13.9 Å². The Morgan fingerprint density at radius 2 is 2.04 bits per heavy atom. The molecule has 1 fully saturated rings. The van der Waals surface area contributed by atoms with Gasteiger partial charge in [0.2, 0.25) is 0 Å². The average molecular weight is 392 g/mol. The molecule has 6 nitrogen and oxygen atoms in total. The number of benzene rings is 2. The molecule has 0 saturated carbocycles. The summed E-state index contributed by atoms with van der Waals surface area (Å²) in [5, 5.41) is 1.08. The minimum Gasteiger partial charge on any atom is -0.463 e. The first-order valence-corrected chi connectivity index (χ1v) is 9.75. The number of hydrogen-bond donors (Lipinski definition) is 0. The highest BCUT2D eigenvalue weighted by molar-refractivity contribution is 7.20. The molecule has 0 aliphatic carbocycles. The molecule has 0 unspecified atom stereocenters. The fraction of sp³-hybridized carbons (Fsp3) is 0.190. The summed E-state index contributed by atoms with van der Waals surface area (Å²) < 4.78 is 12.6. The van der Waals surface area contributed by atoms with Crippen LogP contribution >= 0.6 is 11.3 Å². The Bertz CT molecular complexity index is 1270. The van der Waals surface area contributed by atoms with Gasteiger partial charge in [-0.1, -0.05) is 35.6 Å². The molecular formula is C21H16N2O4S. The molecule has 28 heavy (non-hydrogen) atoms. The van der Waals surface area contributed by atoms with Gasteiger partial charge in [-0.25, -0.2) is 4.98 Å². The third-order valence-corrected chi connectivity index (χ3v) is 5.76. The van der Waals surface area contributed by atoms with Gasteiger partial charge in [-0.3, -0.25) is 9.59 Å². The van der Waals surface area contributed by atoms with Crippen LogP contribution in [0.4, 0.5) is 0 Å². The summed E-state index contributed by atoms with van der Waals surface area (Å²) in [7, 11) is 0. The van der Waals surface area contributed by atoms with Crippen LogP contribution in [0.3, 0.4) is 0 Å². The molecule has 0 atom stereocenters. The van der Waals surface area contributed by atoms with Crippen molar-refractivity contribution in [3.8, 4) is 5.19 Å². The first-order chi connectivity index (χ1) is 13.6. The molecule has 3 heterocycles. The number of para-hydroxylation sites is 2. The summed E-state index contributed by atoms with van der Waals surface area (Å²) in [6, 6.07) is 14.2. The molecule has 1 amide bonds. The number of aryl methyl sites for hydroxylation is 1. The molecule has 2 aromatic carbocycles. The molecule has 5 rings (SSSR count). The van der Waals surface area contributed by atoms with Crippen LogP contribution in [0.5, 0.6) is 5.19 Å². The second-order valence-corrected chi connectivity index (χ2v) is 7.82. The van der Waals surface area contributed by atoms with Crippen molar-refractivity contribution in [2.45, 2.75) is 13.0 Å². The number of amides is 1. The minimum atomic E-state index is -0.303. The van der Waals surface area contributed by atoms with Gasteiger partial charge in [-0.2, -0.15) is 0 Å². The summed E-state index contributed by atoms with van der Waals surface area (Å²) in [5.74, 6) is -0.249. The van der Waals surface area contributed by atoms with E-state index in [1.54, 1.807) is 29.2 Å². The van der Waals surface area contributed by atoms with Gasteiger partial charge in [0, 0.05) is 6.07 Å². The van der Waals surface area contributed by atoms with E-state index in [0.29, 0.717) is 29.3 Å². The van der Waals surface area contributed by atoms with Crippen molar-refractivity contribution >= 4 is 38.4 Å². The number of ether oxygens (including phenoxy) is 1. The quantitative estimate of drug-likeness (QED) is 0.533. The maximum atomic E-state index is 12.6. The van der Waals surface area contributed by atoms with E-state index in [1.807, 2.05) is 25.1 Å². The molecule has 0 radical (unpaired) electrons. The number of rotatable bonds is 3. The summed E-state index contributed by atoms with van der Waals surface area (Å²) in [6.45, 7) is 2.89. The van der Waals surface area contributed by atoms with Gasteiger partial charge in [0.15, 0.2) is 11.2 Å². The number of hydrogen-bond acceptors (Lipinski definition) is 6.